The molecule has 2 aromatic rings. The van der Waals surface area contributed by atoms with E-state index in [2.05, 4.69) is 10.6 Å². The van der Waals surface area contributed by atoms with Gasteiger partial charge in [0.2, 0.25) is 10.0 Å². The Labute approximate surface area is 152 Å². The first-order chi connectivity index (χ1) is 12.4. The Morgan fingerprint density at radius 1 is 1.12 bits per heavy atom. The monoisotopic (exact) mass is 376 g/mol. The van der Waals surface area contributed by atoms with Crippen LogP contribution in [0.1, 0.15) is 5.56 Å². The van der Waals surface area contributed by atoms with E-state index in [0.717, 1.165) is 11.6 Å². The van der Waals surface area contributed by atoms with E-state index in [4.69, 9.17) is 0 Å². The largest absolute Gasteiger partial charge is 0.354 e. The summed E-state index contributed by atoms with van der Waals surface area (Å²) in [5, 5.41) is 17.3. The quantitative estimate of drug-likeness (QED) is 0.613. The van der Waals surface area contributed by atoms with Crippen molar-refractivity contribution in [3.05, 3.63) is 58.1 Å². The van der Waals surface area contributed by atoms with Gasteiger partial charge in [0.1, 0.15) is 4.90 Å². The van der Waals surface area contributed by atoms with Crippen molar-refractivity contribution in [2.24, 2.45) is 0 Å². The van der Waals surface area contributed by atoms with E-state index >= 15 is 0 Å². The fraction of sp³-hybridized carbons (Fsp3) is 0.294. The van der Waals surface area contributed by atoms with Crippen LogP contribution in [0.25, 0.3) is 0 Å². The van der Waals surface area contributed by atoms with Gasteiger partial charge < -0.3 is 10.6 Å². The summed E-state index contributed by atoms with van der Waals surface area (Å²) in [6.45, 7) is 3.71. The molecule has 2 N–H and O–H groups in total. The fourth-order valence-electron chi connectivity index (χ4n) is 2.76. The van der Waals surface area contributed by atoms with E-state index in [1.807, 2.05) is 31.2 Å². The highest BCUT2D eigenvalue weighted by molar-refractivity contribution is 7.89. The summed E-state index contributed by atoms with van der Waals surface area (Å²) >= 11 is 0. The van der Waals surface area contributed by atoms with Crippen LogP contribution in [0.4, 0.5) is 17.1 Å². The maximum atomic E-state index is 13.1. The Morgan fingerprint density at radius 2 is 1.77 bits per heavy atom. The molecule has 8 nitrogen and oxygen atoms in total. The summed E-state index contributed by atoms with van der Waals surface area (Å²) in [7, 11) is -3.85. The van der Waals surface area contributed by atoms with Crippen LogP contribution < -0.4 is 10.6 Å². The van der Waals surface area contributed by atoms with Gasteiger partial charge in [0.05, 0.1) is 10.6 Å². The lowest BCUT2D eigenvalue weighted by atomic mass is 10.2. The van der Waals surface area contributed by atoms with E-state index < -0.39 is 14.9 Å². The van der Waals surface area contributed by atoms with Crippen molar-refractivity contribution < 1.29 is 13.3 Å². The predicted molar refractivity (Wildman–Crippen MR) is 99.2 cm³/mol. The minimum absolute atomic E-state index is 0.0887. The average molecular weight is 376 g/mol. The zero-order chi connectivity index (χ0) is 18.7. The number of rotatable bonds is 5. The van der Waals surface area contributed by atoms with Gasteiger partial charge in [-0.2, -0.15) is 4.31 Å². The highest BCUT2D eigenvalue weighted by Crippen LogP contribution is 2.31. The SMILES string of the molecule is Cc1ccc(Nc2ccc([N+](=O)[O-])cc2S(=O)(=O)N2CCNCC2)cc1. The molecule has 2 aromatic carbocycles. The van der Waals surface area contributed by atoms with Crippen molar-refractivity contribution >= 4 is 27.1 Å². The molecule has 0 radical (unpaired) electrons. The normalized spacial score (nSPS) is 15.6. The minimum atomic E-state index is -3.85. The third-order valence-corrected chi connectivity index (χ3v) is 6.14. The first-order valence-electron chi connectivity index (χ1n) is 8.21. The van der Waals surface area contributed by atoms with Gasteiger partial charge >= 0.3 is 0 Å². The van der Waals surface area contributed by atoms with Gasteiger partial charge in [-0.3, -0.25) is 10.1 Å². The van der Waals surface area contributed by atoms with E-state index in [9.17, 15) is 18.5 Å². The van der Waals surface area contributed by atoms with Crippen molar-refractivity contribution in [2.75, 3.05) is 31.5 Å². The van der Waals surface area contributed by atoms with Gasteiger partial charge in [-0.15, -0.1) is 0 Å². The van der Waals surface area contributed by atoms with Crippen LogP contribution in [0, 0.1) is 17.0 Å². The molecule has 0 aliphatic carbocycles. The minimum Gasteiger partial charge on any atom is -0.354 e. The highest BCUT2D eigenvalue weighted by atomic mass is 32.2. The van der Waals surface area contributed by atoms with Crippen molar-refractivity contribution in [2.45, 2.75) is 11.8 Å². The maximum absolute atomic E-state index is 13.1. The molecule has 0 saturated carbocycles. The first-order valence-corrected chi connectivity index (χ1v) is 9.65. The van der Waals surface area contributed by atoms with E-state index in [1.54, 1.807) is 0 Å². The first kappa shape index (κ1) is 18.3. The Balaban J connectivity index is 2.03. The number of sulfonamides is 1. The molecule has 1 heterocycles. The summed E-state index contributed by atoms with van der Waals surface area (Å²) in [6, 6.07) is 11.3. The summed E-state index contributed by atoms with van der Waals surface area (Å²) in [5.41, 5.74) is 1.85. The van der Waals surface area contributed by atoms with E-state index in [-0.39, 0.29) is 10.6 Å². The van der Waals surface area contributed by atoms with Crippen LogP contribution in [0.5, 0.6) is 0 Å². The molecule has 0 aromatic heterocycles. The number of aryl methyl sites for hydroxylation is 1. The molecule has 1 aliphatic rings. The molecule has 0 spiro atoms. The number of nitrogens with one attached hydrogen (secondary N) is 2. The lowest BCUT2D eigenvalue weighted by molar-refractivity contribution is -0.385. The molecule has 9 heteroatoms. The second kappa shape index (κ2) is 7.40. The highest BCUT2D eigenvalue weighted by Gasteiger charge is 2.30. The molecule has 0 atom stereocenters. The maximum Gasteiger partial charge on any atom is 0.270 e. The molecule has 138 valence electrons. The molecule has 26 heavy (non-hydrogen) atoms. The zero-order valence-electron chi connectivity index (χ0n) is 14.3. The van der Waals surface area contributed by atoms with Gasteiger partial charge in [0.25, 0.3) is 5.69 Å². The van der Waals surface area contributed by atoms with Crippen LogP contribution in [-0.2, 0) is 10.0 Å². The van der Waals surface area contributed by atoms with Gasteiger partial charge in [-0.1, -0.05) is 17.7 Å². The Kier molecular flexibility index (Phi) is 5.21. The predicted octanol–water partition coefficient (Wildman–Crippen LogP) is 2.24. The number of nitro groups is 1. The molecule has 0 bridgehead atoms. The third-order valence-electron chi connectivity index (χ3n) is 4.20. The van der Waals surface area contributed by atoms with Crippen molar-refractivity contribution in [3.8, 4) is 0 Å². The Morgan fingerprint density at radius 3 is 2.38 bits per heavy atom. The van der Waals surface area contributed by atoms with Gasteiger partial charge in [0, 0.05) is 44.0 Å². The molecular formula is C17H20N4O4S. The van der Waals surface area contributed by atoms with Crippen LogP contribution in [0.15, 0.2) is 47.4 Å². The second-order valence-electron chi connectivity index (χ2n) is 6.08. The smallest absolute Gasteiger partial charge is 0.270 e. The number of nitrogens with zero attached hydrogens (tertiary/aromatic N) is 2. The lowest BCUT2D eigenvalue weighted by Gasteiger charge is -2.27. The summed E-state index contributed by atoms with van der Waals surface area (Å²) in [6.07, 6.45) is 0. The number of piperazine rings is 1. The number of hydrogen-bond donors (Lipinski definition) is 2. The molecule has 0 unspecified atom stereocenters. The molecule has 1 fully saturated rings. The Hall–Kier alpha value is -2.49. The standard InChI is InChI=1S/C17H20N4O4S/c1-13-2-4-14(5-3-13)19-16-7-6-15(21(22)23)12-17(16)26(24,25)20-10-8-18-9-11-20/h2-7,12,18-19H,8-11H2,1H3. The lowest BCUT2D eigenvalue weighted by Crippen LogP contribution is -2.46. The number of non-ortho nitro benzene ring substituents is 1. The third kappa shape index (κ3) is 3.85. The van der Waals surface area contributed by atoms with Gasteiger partial charge in [-0.25, -0.2) is 8.42 Å². The molecule has 3 rings (SSSR count). The second-order valence-corrected chi connectivity index (χ2v) is 7.99. The van der Waals surface area contributed by atoms with E-state index in [1.165, 1.54) is 16.4 Å². The fourth-order valence-corrected chi connectivity index (χ4v) is 4.37. The van der Waals surface area contributed by atoms with Crippen molar-refractivity contribution in [1.82, 2.24) is 9.62 Å². The van der Waals surface area contributed by atoms with Crippen LogP contribution in [-0.4, -0.2) is 43.8 Å². The average Bonchev–Trinajstić information content (AvgIpc) is 2.64. The molecule has 1 aliphatic heterocycles. The van der Waals surface area contributed by atoms with Crippen molar-refractivity contribution in [3.63, 3.8) is 0 Å². The van der Waals surface area contributed by atoms with Crippen LogP contribution in [0.3, 0.4) is 0 Å². The molecule has 0 amide bonds. The summed E-state index contributed by atoms with van der Waals surface area (Å²) in [5.74, 6) is 0. The number of benzene rings is 2. The van der Waals surface area contributed by atoms with Gasteiger partial charge in [0.15, 0.2) is 0 Å². The topological polar surface area (TPSA) is 105 Å². The van der Waals surface area contributed by atoms with E-state index in [0.29, 0.717) is 37.6 Å². The number of nitro benzene ring substituents is 1. The van der Waals surface area contributed by atoms with Crippen LogP contribution >= 0.6 is 0 Å². The molecular weight excluding hydrogens is 356 g/mol. The number of anilines is 2. The zero-order valence-corrected chi connectivity index (χ0v) is 15.1. The molecule has 1 saturated heterocycles. The number of hydrogen-bond acceptors (Lipinski definition) is 6. The Bertz CT molecular complexity index is 907. The summed E-state index contributed by atoms with van der Waals surface area (Å²) < 4.78 is 27.5. The summed E-state index contributed by atoms with van der Waals surface area (Å²) in [4.78, 5) is 10.5. The van der Waals surface area contributed by atoms with Gasteiger partial charge in [-0.05, 0) is 25.1 Å². The van der Waals surface area contributed by atoms with Crippen LogP contribution in [0.2, 0.25) is 0 Å². The van der Waals surface area contributed by atoms with Crippen molar-refractivity contribution in [1.29, 1.82) is 0 Å².